The van der Waals surface area contributed by atoms with Crippen LogP contribution >= 0.6 is 15.9 Å². The van der Waals surface area contributed by atoms with E-state index < -0.39 is 0 Å². The summed E-state index contributed by atoms with van der Waals surface area (Å²) < 4.78 is 1.07. The fourth-order valence-corrected chi connectivity index (χ4v) is 3.18. The Morgan fingerprint density at radius 2 is 2.22 bits per heavy atom. The summed E-state index contributed by atoms with van der Waals surface area (Å²) in [5.41, 5.74) is 0.957. The molecule has 0 amide bonds. The lowest BCUT2D eigenvalue weighted by atomic mass is 9.90. The largest absolute Gasteiger partial charge is 0.394 e. The first-order valence-electron chi connectivity index (χ1n) is 6.78. The van der Waals surface area contributed by atoms with Crippen molar-refractivity contribution in [2.45, 2.75) is 44.6 Å². The molecule has 0 bridgehead atoms. The maximum absolute atomic E-state index is 9.81. The van der Waals surface area contributed by atoms with Gasteiger partial charge in [-0.05, 0) is 43.4 Å². The summed E-state index contributed by atoms with van der Waals surface area (Å²) in [6.07, 6.45) is 5.78. The summed E-state index contributed by atoms with van der Waals surface area (Å²) in [5.74, 6) is 0.780. The molecule has 18 heavy (non-hydrogen) atoms. The Morgan fingerprint density at radius 3 is 2.94 bits per heavy atom. The van der Waals surface area contributed by atoms with Gasteiger partial charge in [-0.3, -0.25) is 0 Å². The molecule has 2 nitrogen and oxygen atoms in total. The van der Waals surface area contributed by atoms with Crippen molar-refractivity contribution in [2.24, 2.45) is 5.92 Å². The fraction of sp³-hybridized carbons (Fsp3) is 0.600. The van der Waals surface area contributed by atoms with Crippen LogP contribution in [0.3, 0.4) is 0 Å². The molecule has 1 aromatic rings. The second kappa shape index (κ2) is 6.07. The van der Waals surface area contributed by atoms with E-state index in [2.05, 4.69) is 40.3 Å². The first kappa shape index (κ1) is 13.9. The molecular weight excluding hydrogens is 290 g/mol. The highest BCUT2D eigenvalue weighted by Gasteiger charge is 2.31. The van der Waals surface area contributed by atoms with E-state index in [0.717, 1.165) is 28.9 Å². The highest BCUT2D eigenvalue weighted by molar-refractivity contribution is 9.10. The molecule has 0 aliphatic heterocycles. The van der Waals surface area contributed by atoms with Crippen molar-refractivity contribution in [1.82, 2.24) is 0 Å². The SMILES string of the molecule is CC1CCCC(CO)(Nc2cccc(Br)c2)CC1. The minimum Gasteiger partial charge on any atom is -0.394 e. The predicted octanol–water partition coefficient (Wildman–Crippen LogP) is 4.19. The van der Waals surface area contributed by atoms with E-state index in [1.165, 1.54) is 19.3 Å². The Kier molecular flexibility index (Phi) is 4.68. The zero-order valence-electron chi connectivity index (χ0n) is 11.0. The van der Waals surface area contributed by atoms with Gasteiger partial charge in [-0.1, -0.05) is 41.8 Å². The number of benzene rings is 1. The molecule has 3 heteroatoms. The van der Waals surface area contributed by atoms with Gasteiger partial charge >= 0.3 is 0 Å². The predicted molar refractivity (Wildman–Crippen MR) is 79.8 cm³/mol. The number of rotatable bonds is 3. The van der Waals surface area contributed by atoms with Crippen molar-refractivity contribution in [1.29, 1.82) is 0 Å². The van der Waals surface area contributed by atoms with E-state index >= 15 is 0 Å². The number of nitrogens with one attached hydrogen (secondary N) is 1. The van der Waals surface area contributed by atoms with Crippen molar-refractivity contribution < 1.29 is 5.11 Å². The fourth-order valence-electron chi connectivity index (χ4n) is 2.78. The van der Waals surface area contributed by atoms with Crippen molar-refractivity contribution in [3.63, 3.8) is 0 Å². The summed E-state index contributed by atoms with van der Waals surface area (Å²) in [5, 5.41) is 13.4. The van der Waals surface area contributed by atoms with Gasteiger partial charge in [0.2, 0.25) is 0 Å². The molecule has 2 atom stereocenters. The number of hydrogen-bond acceptors (Lipinski definition) is 2. The molecular formula is C15H22BrNO. The van der Waals surface area contributed by atoms with E-state index in [9.17, 15) is 5.11 Å². The first-order valence-corrected chi connectivity index (χ1v) is 7.57. The van der Waals surface area contributed by atoms with Gasteiger partial charge in [-0.15, -0.1) is 0 Å². The monoisotopic (exact) mass is 311 g/mol. The highest BCUT2D eigenvalue weighted by atomic mass is 79.9. The molecule has 1 saturated carbocycles. The minimum absolute atomic E-state index is 0.133. The van der Waals surface area contributed by atoms with Crippen molar-refractivity contribution in [2.75, 3.05) is 11.9 Å². The van der Waals surface area contributed by atoms with E-state index in [4.69, 9.17) is 0 Å². The Hall–Kier alpha value is -0.540. The van der Waals surface area contributed by atoms with Crippen LogP contribution < -0.4 is 5.32 Å². The van der Waals surface area contributed by atoms with Gasteiger partial charge in [0.15, 0.2) is 0 Å². The number of halogens is 1. The topological polar surface area (TPSA) is 32.3 Å². The Bertz CT molecular complexity index is 396. The maximum atomic E-state index is 9.81. The first-order chi connectivity index (χ1) is 8.63. The third-order valence-electron chi connectivity index (χ3n) is 4.00. The number of aliphatic hydroxyl groups excluding tert-OH is 1. The summed E-state index contributed by atoms with van der Waals surface area (Å²) in [7, 11) is 0. The molecule has 0 spiro atoms. The van der Waals surface area contributed by atoms with Gasteiger partial charge in [-0.2, -0.15) is 0 Å². The van der Waals surface area contributed by atoms with Crippen LogP contribution in [0.4, 0.5) is 5.69 Å². The molecule has 2 unspecified atom stereocenters. The highest BCUT2D eigenvalue weighted by Crippen LogP contribution is 2.33. The van der Waals surface area contributed by atoms with Gasteiger partial charge < -0.3 is 10.4 Å². The van der Waals surface area contributed by atoms with Gasteiger partial charge in [0.25, 0.3) is 0 Å². The molecule has 1 fully saturated rings. The van der Waals surface area contributed by atoms with Crippen LogP contribution in [0, 0.1) is 5.92 Å². The van der Waals surface area contributed by atoms with Crippen LogP contribution in [0.25, 0.3) is 0 Å². The normalized spacial score (nSPS) is 28.7. The number of aliphatic hydroxyl groups is 1. The summed E-state index contributed by atoms with van der Waals surface area (Å²) in [4.78, 5) is 0. The van der Waals surface area contributed by atoms with Gasteiger partial charge in [0, 0.05) is 10.2 Å². The maximum Gasteiger partial charge on any atom is 0.0661 e. The minimum atomic E-state index is -0.133. The van der Waals surface area contributed by atoms with Crippen LogP contribution in [0.2, 0.25) is 0 Å². The summed E-state index contributed by atoms with van der Waals surface area (Å²) in [6.45, 7) is 2.53. The van der Waals surface area contributed by atoms with Crippen molar-refractivity contribution in [3.05, 3.63) is 28.7 Å². The second-order valence-electron chi connectivity index (χ2n) is 5.61. The van der Waals surface area contributed by atoms with E-state index in [0.29, 0.717) is 0 Å². The standard InChI is InChI=1S/C15H22BrNO/c1-12-4-3-8-15(11-18,9-7-12)17-14-6-2-5-13(16)10-14/h2,5-6,10,12,17-18H,3-4,7-9,11H2,1H3. The Labute approximate surface area is 118 Å². The lowest BCUT2D eigenvalue weighted by Crippen LogP contribution is -2.41. The number of hydrogen-bond donors (Lipinski definition) is 2. The third kappa shape index (κ3) is 3.48. The molecule has 2 N–H and O–H groups in total. The van der Waals surface area contributed by atoms with E-state index in [1.54, 1.807) is 0 Å². The smallest absolute Gasteiger partial charge is 0.0661 e. The molecule has 0 saturated heterocycles. The van der Waals surface area contributed by atoms with Gasteiger partial charge in [0.05, 0.1) is 12.1 Å². The van der Waals surface area contributed by atoms with Gasteiger partial charge in [0.1, 0.15) is 0 Å². The molecule has 1 aliphatic rings. The Morgan fingerprint density at radius 1 is 1.39 bits per heavy atom. The van der Waals surface area contributed by atoms with Crippen LogP contribution in [0.15, 0.2) is 28.7 Å². The van der Waals surface area contributed by atoms with Crippen LogP contribution in [0.5, 0.6) is 0 Å². The van der Waals surface area contributed by atoms with E-state index in [-0.39, 0.29) is 12.1 Å². The molecule has 1 aromatic carbocycles. The van der Waals surface area contributed by atoms with Crippen molar-refractivity contribution >= 4 is 21.6 Å². The molecule has 0 radical (unpaired) electrons. The summed E-state index contributed by atoms with van der Waals surface area (Å²) >= 11 is 3.49. The average molecular weight is 312 g/mol. The van der Waals surface area contributed by atoms with E-state index in [1.807, 2.05) is 12.1 Å². The summed E-state index contributed by atoms with van der Waals surface area (Å²) in [6, 6.07) is 8.19. The molecule has 100 valence electrons. The lowest BCUT2D eigenvalue weighted by Gasteiger charge is -2.33. The van der Waals surface area contributed by atoms with Crippen LogP contribution in [0.1, 0.15) is 39.0 Å². The molecule has 1 aliphatic carbocycles. The van der Waals surface area contributed by atoms with Gasteiger partial charge in [-0.25, -0.2) is 0 Å². The zero-order chi connectivity index (χ0) is 13.0. The average Bonchev–Trinajstić information content (AvgIpc) is 2.53. The molecule has 0 heterocycles. The quantitative estimate of drug-likeness (QED) is 0.820. The second-order valence-corrected chi connectivity index (χ2v) is 6.53. The Balaban J connectivity index is 2.12. The third-order valence-corrected chi connectivity index (χ3v) is 4.50. The zero-order valence-corrected chi connectivity index (χ0v) is 12.5. The lowest BCUT2D eigenvalue weighted by molar-refractivity contribution is 0.194. The molecule has 0 aromatic heterocycles. The van der Waals surface area contributed by atoms with Crippen molar-refractivity contribution in [3.8, 4) is 0 Å². The van der Waals surface area contributed by atoms with Crippen LogP contribution in [-0.2, 0) is 0 Å². The van der Waals surface area contributed by atoms with Crippen LogP contribution in [-0.4, -0.2) is 17.3 Å². The molecule has 2 rings (SSSR count). The number of anilines is 1.